The number of benzene rings is 1. The standard InChI is InChI=1S/C31H43N5O7/c1-20(30(39)40)18-24-25(19-21(2)31(41)42)27(29(38)35-16-12-33(4)13-17-35)36(22-6-8-23(43-5)9-7-22)26(24)28(37)34-14-10-32(3)11-15-34/h6-9,20-21H,10-19H2,1-5H3,(H,39,40)(H,41,42). The van der Waals surface area contributed by atoms with E-state index in [0.717, 1.165) is 0 Å². The Labute approximate surface area is 252 Å². The maximum Gasteiger partial charge on any atom is 0.306 e. The van der Waals surface area contributed by atoms with Crippen molar-refractivity contribution in [1.29, 1.82) is 0 Å². The van der Waals surface area contributed by atoms with E-state index in [1.165, 1.54) is 0 Å². The van der Waals surface area contributed by atoms with Crippen molar-refractivity contribution in [3.8, 4) is 11.4 Å². The molecule has 1 aromatic heterocycles. The number of piperazine rings is 2. The van der Waals surface area contributed by atoms with Crippen molar-refractivity contribution < 1.29 is 34.1 Å². The molecule has 2 fully saturated rings. The Morgan fingerprint density at radius 1 is 0.698 bits per heavy atom. The molecule has 2 amide bonds. The minimum atomic E-state index is -1.04. The SMILES string of the molecule is COc1ccc(-n2c(C(=O)N3CCN(C)CC3)c(CC(C)C(=O)O)c(CC(C)C(=O)O)c2C(=O)N2CCN(C)CC2)cc1. The van der Waals surface area contributed by atoms with Crippen LogP contribution < -0.4 is 4.74 Å². The largest absolute Gasteiger partial charge is 0.497 e. The van der Waals surface area contributed by atoms with Crippen molar-refractivity contribution in [1.82, 2.24) is 24.2 Å². The third-order valence-electron chi connectivity index (χ3n) is 8.56. The Bertz CT molecular complexity index is 1260. The number of amides is 2. The first kappa shape index (κ1) is 32.0. The number of methoxy groups -OCH3 is 1. The summed E-state index contributed by atoms with van der Waals surface area (Å²) < 4.78 is 7.01. The minimum Gasteiger partial charge on any atom is -0.497 e. The molecular weight excluding hydrogens is 554 g/mol. The van der Waals surface area contributed by atoms with Gasteiger partial charge >= 0.3 is 11.9 Å². The number of ether oxygens (including phenoxy) is 1. The number of hydrogen-bond donors (Lipinski definition) is 2. The highest BCUT2D eigenvalue weighted by molar-refractivity contribution is 6.02. The molecule has 3 heterocycles. The van der Waals surface area contributed by atoms with Gasteiger partial charge in [0.15, 0.2) is 0 Å². The predicted molar refractivity (Wildman–Crippen MR) is 160 cm³/mol. The van der Waals surface area contributed by atoms with Gasteiger partial charge in [-0.05, 0) is 62.3 Å². The smallest absolute Gasteiger partial charge is 0.306 e. The fourth-order valence-corrected chi connectivity index (χ4v) is 5.65. The second kappa shape index (κ2) is 13.6. The number of carbonyl (C=O) groups is 4. The second-order valence-corrected chi connectivity index (χ2v) is 11.8. The predicted octanol–water partition coefficient (Wildman–Crippen LogP) is 1.79. The number of carboxylic acids is 2. The monoisotopic (exact) mass is 597 g/mol. The van der Waals surface area contributed by atoms with E-state index in [9.17, 15) is 29.4 Å². The molecule has 0 radical (unpaired) electrons. The summed E-state index contributed by atoms with van der Waals surface area (Å²) in [6.07, 6.45) is -0.0595. The second-order valence-electron chi connectivity index (χ2n) is 11.8. The van der Waals surface area contributed by atoms with Gasteiger partial charge in [-0.1, -0.05) is 13.8 Å². The number of aliphatic carboxylic acids is 2. The fourth-order valence-electron chi connectivity index (χ4n) is 5.65. The van der Waals surface area contributed by atoms with Gasteiger partial charge in [0.1, 0.15) is 17.1 Å². The zero-order valence-corrected chi connectivity index (χ0v) is 25.7. The van der Waals surface area contributed by atoms with Crippen molar-refractivity contribution in [3.63, 3.8) is 0 Å². The molecule has 2 aliphatic heterocycles. The van der Waals surface area contributed by atoms with Gasteiger partial charge in [0, 0.05) is 58.0 Å². The first-order valence-electron chi connectivity index (χ1n) is 14.7. The molecule has 12 nitrogen and oxygen atoms in total. The van der Waals surface area contributed by atoms with Crippen LogP contribution in [0.1, 0.15) is 46.0 Å². The molecule has 2 aliphatic rings. The molecule has 1 aromatic carbocycles. The highest BCUT2D eigenvalue weighted by Crippen LogP contribution is 2.34. The molecule has 0 bridgehead atoms. The van der Waals surface area contributed by atoms with Crippen molar-refractivity contribution >= 4 is 23.8 Å². The van der Waals surface area contributed by atoms with Gasteiger partial charge in [0.05, 0.1) is 18.9 Å². The summed E-state index contributed by atoms with van der Waals surface area (Å²) in [5.41, 5.74) is 1.80. The van der Waals surface area contributed by atoms with Crippen LogP contribution >= 0.6 is 0 Å². The number of hydrogen-bond acceptors (Lipinski definition) is 7. The van der Waals surface area contributed by atoms with Crippen molar-refractivity contribution in [2.75, 3.05) is 73.6 Å². The molecule has 4 rings (SSSR count). The van der Waals surface area contributed by atoms with Crippen LogP contribution in [0.5, 0.6) is 5.75 Å². The van der Waals surface area contributed by atoms with E-state index in [-0.39, 0.29) is 36.0 Å². The first-order valence-corrected chi connectivity index (χ1v) is 14.7. The zero-order valence-electron chi connectivity index (χ0n) is 25.7. The van der Waals surface area contributed by atoms with Gasteiger partial charge in [0.2, 0.25) is 0 Å². The average molecular weight is 598 g/mol. The minimum absolute atomic E-state index is 0.0298. The molecule has 43 heavy (non-hydrogen) atoms. The van der Waals surface area contributed by atoms with Crippen LogP contribution in [0.3, 0.4) is 0 Å². The lowest BCUT2D eigenvalue weighted by Crippen LogP contribution is -2.48. The summed E-state index contributed by atoms with van der Waals surface area (Å²) in [6.45, 7) is 7.70. The summed E-state index contributed by atoms with van der Waals surface area (Å²) in [7, 11) is 5.52. The number of aromatic nitrogens is 1. The van der Waals surface area contributed by atoms with E-state index in [1.54, 1.807) is 59.6 Å². The van der Waals surface area contributed by atoms with Crippen LogP contribution in [-0.4, -0.2) is 132 Å². The number of rotatable bonds is 10. The van der Waals surface area contributed by atoms with Crippen molar-refractivity contribution in [3.05, 3.63) is 46.8 Å². The van der Waals surface area contributed by atoms with Crippen LogP contribution in [0.2, 0.25) is 0 Å². The topological polar surface area (TPSA) is 136 Å². The Morgan fingerprint density at radius 3 is 1.40 bits per heavy atom. The van der Waals surface area contributed by atoms with Crippen LogP contribution in [0, 0.1) is 11.8 Å². The third-order valence-corrected chi connectivity index (χ3v) is 8.56. The molecule has 2 N–H and O–H groups in total. The Kier molecular flexibility index (Phi) is 10.1. The molecule has 0 aliphatic carbocycles. The van der Waals surface area contributed by atoms with E-state index in [4.69, 9.17) is 4.74 Å². The molecule has 234 valence electrons. The molecule has 2 saturated heterocycles. The van der Waals surface area contributed by atoms with Crippen molar-refractivity contribution in [2.24, 2.45) is 11.8 Å². The molecule has 12 heteroatoms. The summed E-state index contributed by atoms with van der Waals surface area (Å²) >= 11 is 0. The van der Waals surface area contributed by atoms with E-state index in [1.807, 2.05) is 14.1 Å². The number of nitrogens with zero attached hydrogens (tertiary/aromatic N) is 5. The maximum absolute atomic E-state index is 14.5. The van der Waals surface area contributed by atoms with Crippen LogP contribution in [-0.2, 0) is 22.4 Å². The molecule has 2 atom stereocenters. The van der Waals surface area contributed by atoms with Gasteiger partial charge < -0.3 is 39.1 Å². The van der Waals surface area contributed by atoms with Crippen molar-refractivity contribution in [2.45, 2.75) is 26.7 Å². The summed E-state index contributed by atoms with van der Waals surface area (Å²) in [6, 6.07) is 7.00. The van der Waals surface area contributed by atoms with E-state index < -0.39 is 23.8 Å². The van der Waals surface area contributed by atoms with Gasteiger partial charge in [-0.3, -0.25) is 19.2 Å². The number of carbonyl (C=O) groups excluding carboxylic acids is 2. The summed E-state index contributed by atoms with van der Waals surface area (Å²) in [4.78, 5) is 60.9. The number of likely N-dealkylation sites (N-methyl/N-ethyl adjacent to an activating group) is 2. The zero-order chi connectivity index (χ0) is 31.4. The lowest BCUT2D eigenvalue weighted by Gasteiger charge is -2.34. The highest BCUT2D eigenvalue weighted by Gasteiger charge is 2.37. The van der Waals surface area contributed by atoms with E-state index in [2.05, 4.69) is 9.80 Å². The van der Waals surface area contributed by atoms with Gasteiger partial charge in [0.25, 0.3) is 11.8 Å². The summed E-state index contributed by atoms with van der Waals surface area (Å²) in [5, 5.41) is 19.8. The van der Waals surface area contributed by atoms with E-state index in [0.29, 0.717) is 74.9 Å². The molecule has 0 spiro atoms. The quantitative estimate of drug-likeness (QED) is 0.420. The Hall–Kier alpha value is -3.90. The molecular formula is C31H43N5O7. The van der Waals surface area contributed by atoms with Crippen LogP contribution in [0.25, 0.3) is 5.69 Å². The maximum atomic E-state index is 14.5. The molecule has 2 unspecified atom stereocenters. The van der Waals surface area contributed by atoms with Crippen LogP contribution in [0.4, 0.5) is 0 Å². The van der Waals surface area contributed by atoms with Crippen LogP contribution in [0.15, 0.2) is 24.3 Å². The lowest BCUT2D eigenvalue weighted by molar-refractivity contribution is -0.142. The molecule has 0 saturated carbocycles. The normalized spacial score (nSPS) is 17.9. The molecule has 2 aromatic rings. The van der Waals surface area contributed by atoms with Gasteiger partial charge in [-0.25, -0.2) is 0 Å². The Balaban J connectivity index is 2.03. The van der Waals surface area contributed by atoms with Gasteiger partial charge in [-0.15, -0.1) is 0 Å². The number of carboxylic acid groups (broad SMARTS) is 2. The fraction of sp³-hybridized carbons (Fsp3) is 0.548. The third kappa shape index (κ3) is 7.02. The Morgan fingerprint density at radius 2 is 1.07 bits per heavy atom. The summed E-state index contributed by atoms with van der Waals surface area (Å²) in [5.74, 6) is -3.86. The first-order chi connectivity index (χ1) is 20.4. The van der Waals surface area contributed by atoms with Gasteiger partial charge in [-0.2, -0.15) is 0 Å². The lowest BCUT2D eigenvalue weighted by atomic mass is 9.91. The highest BCUT2D eigenvalue weighted by atomic mass is 16.5. The average Bonchev–Trinajstić information content (AvgIpc) is 3.30. The van der Waals surface area contributed by atoms with E-state index >= 15 is 0 Å².